The highest BCUT2D eigenvalue weighted by molar-refractivity contribution is 5.61. The Labute approximate surface area is 188 Å². The summed E-state index contributed by atoms with van der Waals surface area (Å²) >= 11 is 0. The van der Waals surface area contributed by atoms with Crippen molar-refractivity contribution in [2.24, 2.45) is 5.92 Å². The standard InChI is InChI=1S/C26H28FN3O2/c1-3-32-21-11-12-24-22(14-21)26-23(25(28-29-26)18-7-9-19(27)10-8-18)16-30(24)15-17-5-4-6-20(13-17)31-2/h4-14,23,25-26,28-29H,3,15-16H2,1-2H3. The van der Waals surface area contributed by atoms with Crippen LogP contribution >= 0.6 is 0 Å². The number of hydrogen-bond acceptors (Lipinski definition) is 5. The molecule has 0 amide bonds. The van der Waals surface area contributed by atoms with Crippen molar-refractivity contribution in [1.29, 1.82) is 0 Å². The number of hydrogen-bond donors (Lipinski definition) is 2. The fourth-order valence-electron chi connectivity index (χ4n) is 4.93. The van der Waals surface area contributed by atoms with Gasteiger partial charge < -0.3 is 14.4 Å². The normalized spacial score (nSPS) is 21.7. The number of fused-ring (bicyclic) bond motifs is 3. The van der Waals surface area contributed by atoms with Gasteiger partial charge in [-0.3, -0.25) is 0 Å². The summed E-state index contributed by atoms with van der Waals surface area (Å²) in [6, 6.07) is 21.6. The molecule has 32 heavy (non-hydrogen) atoms. The molecule has 0 aliphatic carbocycles. The van der Waals surface area contributed by atoms with Crippen LogP contribution in [0.25, 0.3) is 0 Å². The van der Waals surface area contributed by atoms with E-state index in [-0.39, 0.29) is 23.8 Å². The lowest BCUT2D eigenvalue weighted by Gasteiger charge is -2.39. The van der Waals surface area contributed by atoms with Gasteiger partial charge in [0.2, 0.25) is 0 Å². The van der Waals surface area contributed by atoms with E-state index in [1.165, 1.54) is 28.9 Å². The second-order valence-electron chi connectivity index (χ2n) is 8.35. The van der Waals surface area contributed by atoms with E-state index in [1.54, 1.807) is 7.11 Å². The topological polar surface area (TPSA) is 45.8 Å². The summed E-state index contributed by atoms with van der Waals surface area (Å²) in [6.45, 7) is 4.27. The molecule has 166 valence electrons. The molecule has 2 N–H and O–H groups in total. The highest BCUT2D eigenvalue weighted by atomic mass is 19.1. The van der Waals surface area contributed by atoms with E-state index in [4.69, 9.17) is 9.47 Å². The van der Waals surface area contributed by atoms with E-state index in [0.717, 1.165) is 30.2 Å². The molecule has 1 fully saturated rings. The molecule has 0 saturated carbocycles. The lowest BCUT2D eigenvalue weighted by molar-refractivity contribution is 0.337. The van der Waals surface area contributed by atoms with Crippen molar-refractivity contribution >= 4 is 5.69 Å². The van der Waals surface area contributed by atoms with Crippen LogP contribution in [-0.2, 0) is 6.54 Å². The Bertz CT molecular complexity index is 1090. The molecule has 0 radical (unpaired) electrons. The van der Waals surface area contributed by atoms with E-state index >= 15 is 0 Å². The van der Waals surface area contributed by atoms with Crippen molar-refractivity contribution in [3.05, 3.63) is 89.2 Å². The summed E-state index contributed by atoms with van der Waals surface area (Å²) in [7, 11) is 1.69. The Morgan fingerprint density at radius 2 is 1.78 bits per heavy atom. The van der Waals surface area contributed by atoms with Gasteiger partial charge in [-0.1, -0.05) is 24.3 Å². The molecule has 1 saturated heterocycles. The zero-order valence-corrected chi connectivity index (χ0v) is 18.3. The van der Waals surface area contributed by atoms with Crippen LogP contribution in [0.5, 0.6) is 11.5 Å². The van der Waals surface area contributed by atoms with Crippen LogP contribution in [0, 0.1) is 11.7 Å². The van der Waals surface area contributed by atoms with Crippen molar-refractivity contribution in [2.45, 2.75) is 25.6 Å². The molecule has 2 aliphatic rings. The molecular formula is C26H28FN3O2. The van der Waals surface area contributed by atoms with Gasteiger partial charge in [0.25, 0.3) is 0 Å². The van der Waals surface area contributed by atoms with Gasteiger partial charge in [0.1, 0.15) is 17.3 Å². The molecule has 5 nitrogen and oxygen atoms in total. The number of ether oxygens (including phenoxy) is 2. The quantitative estimate of drug-likeness (QED) is 0.587. The van der Waals surface area contributed by atoms with Gasteiger partial charge >= 0.3 is 0 Å². The van der Waals surface area contributed by atoms with Crippen molar-refractivity contribution < 1.29 is 13.9 Å². The third kappa shape index (κ3) is 3.92. The summed E-state index contributed by atoms with van der Waals surface area (Å²) < 4.78 is 24.7. The van der Waals surface area contributed by atoms with Gasteiger partial charge in [-0.25, -0.2) is 15.2 Å². The highest BCUT2D eigenvalue weighted by Crippen LogP contribution is 2.46. The number of methoxy groups -OCH3 is 1. The Balaban J connectivity index is 1.51. The molecule has 6 heteroatoms. The maximum atomic E-state index is 13.5. The van der Waals surface area contributed by atoms with E-state index in [9.17, 15) is 4.39 Å². The van der Waals surface area contributed by atoms with Crippen LogP contribution in [0.2, 0.25) is 0 Å². The number of rotatable bonds is 6. The van der Waals surface area contributed by atoms with E-state index < -0.39 is 0 Å². The molecule has 3 unspecified atom stereocenters. The maximum absolute atomic E-state index is 13.5. The third-order valence-electron chi connectivity index (χ3n) is 6.40. The van der Waals surface area contributed by atoms with Gasteiger partial charge in [-0.05, 0) is 66.1 Å². The third-order valence-corrected chi connectivity index (χ3v) is 6.40. The minimum Gasteiger partial charge on any atom is -0.497 e. The van der Waals surface area contributed by atoms with Crippen LogP contribution in [0.4, 0.5) is 10.1 Å². The van der Waals surface area contributed by atoms with Gasteiger partial charge in [0.15, 0.2) is 0 Å². The minimum atomic E-state index is -0.216. The first-order chi connectivity index (χ1) is 15.7. The Morgan fingerprint density at radius 3 is 2.56 bits per heavy atom. The summed E-state index contributed by atoms with van der Waals surface area (Å²) in [4.78, 5) is 2.42. The molecule has 0 aromatic heterocycles. The van der Waals surface area contributed by atoms with Crippen molar-refractivity contribution in [1.82, 2.24) is 10.9 Å². The highest BCUT2D eigenvalue weighted by Gasteiger charge is 2.43. The maximum Gasteiger partial charge on any atom is 0.123 e. The molecule has 0 spiro atoms. The van der Waals surface area contributed by atoms with Crippen molar-refractivity contribution in [3.8, 4) is 11.5 Å². The minimum absolute atomic E-state index is 0.0808. The Kier molecular flexibility index (Phi) is 5.72. The number of nitrogens with one attached hydrogen (secondary N) is 2. The SMILES string of the molecule is CCOc1ccc2c(c1)C1NNC(c3ccc(F)cc3)C1CN2Cc1cccc(OC)c1. The lowest BCUT2D eigenvalue weighted by atomic mass is 9.82. The smallest absolute Gasteiger partial charge is 0.123 e. The summed E-state index contributed by atoms with van der Waals surface area (Å²) in [5.41, 5.74) is 11.7. The van der Waals surface area contributed by atoms with E-state index in [0.29, 0.717) is 6.61 Å². The molecule has 5 rings (SSSR count). The number of anilines is 1. The second-order valence-corrected chi connectivity index (χ2v) is 8.35. The average molecular weight is 434 g/mol. The van der Waals surface area contributed by atoms with Crippen molar-refractivity contribution in [3.63, 3.8) is 0 Å². The van der Waals surface area contributed by atoms with Crippen LogP contribution < -0.4 is 25.2 Å². The fraction of sp³-hybridized carbons (Fsp3) is 0.308. The predicted octanol–water partition coefficient (Wildman–Crippen LogP) is 4.76. The fourth-order valence-corrected chi connectivity index (χ4v) is 4.93. The zero-order chi connectivity index (χ0) is 22.1. The van der Waals surface area contributed by atoms with E-state index in [2.05, 4.69) is 40.0 Å². The van der Waals surface area contributed by atoms with Crippen LogP contribution in [0.1, 0.15) is 35.7 Å². The molecule has 3 aromatic rings. The number of nitrogens with zero attached hydrogens (tertiary/aromatic N) is 1. The zero-order valence-electron chi connectivity index (χ0n) is 18.3. The Morgan fingerprint density at radius 1 is 0.969 bits per heavy atom. The monoisotopic (exact) mass is 433 g/mol. The van der Waals surface area contributed by atoms with E-state index in [1.807, 2.05) is 37.3 Å². The molecule has 2 heterocycles. The van der Waals surface area contributed by atoms with Crippen molar-refractivity contribution in [2.75, 3.05) is 25.2 Å². The number of halogens is 1. The lowest BCUT2D eigenvalue weighted by Crippen LogP contribution is -2.39. The summed E-state index contributed by atoms with van der Waals surface area (Å²) in [5.74, 6) is 1.79. The molecule has 2 aliphatic heterocycles. The molecular weight excluding hydrogens is 405 g/mol. The van der Waals surface area contributed by atoms with Gasteiger partial charge in [0, 0.05) is 24.7 Å². The summed E-state index contributed by atoms with van der Waals surface area (Å²) in [6.07, 6.45) is 0. The first-order valence-electron chi connectivity index (χ1n) is 11.1. The van der Waals surface area contributed by atoms with Gasteiger partial charge in [-0.2, -0.15) is 0 Å². The van der Waals surface area contributed by atoms with Gasteiger partial charge in [0.05, 0.1) is 25.8 Å². The predicted molar refractivity (Wildman–Crippen MR) is 123 cm³/mol. The molecule has 3 aromatic carbocycles. The molecule has 0 bridgehead atoms. The molecule has 3 atom stereocenters. The Hall–Kier alpha value is -3.09. The first kappa shape index (κ1) is 20.8. The second kappa shape index (κ2) is 8.81. The van der Waals surface area contributed by atoms with Crippen LogP contribution in [0.15, 0.2) is 66.7 Å². The van der Waals surface area contributed by atoms with Crippen LogP contribution in [0.3, 0.4) is 0 Å². The first-order valence-corrected chi connectivity index (χ1v) is 11.1. The van der Waals surface area contributed by atoms with Gasteiger partial charge in [-0.15, -0.1) is 0 Å². The van der Waals surface area contributed by atoms with Crippen LogP contribution in [-0.4, -0.2) is 20.3 Å². The number of benzene rings is 3. The average Bonchev–Trinajstić information content (AvgIpc) is 3.24. The largest absolute Gasteiger partial charge is 0.497 e. The summed E-state index contributed by atoms with van der Waals surface area (Å²) in [5, 5.41) is 0. The number of hydrazine groups is 1.